The van der Waals surface area contributed by atoms with Crippen LogP contribution in [-0.4, -0.2) is 51.1 Å². The average Bonchev–Trinajstić information content (AvgIpc) is 3.32. The lowest BCUT2D eigenvalue weighted by molar-refractivity contribution is 0.239. The topological polar surface area (TPSA) is 32.8 Å². The van der Waals surface area contributed by atoms with Crippen LogP contribution in [0, 0.1) is 0 Å². The van der Waals surface area contributed by atoms with Gasteiger partial charge in [0.05, 0.1) is 5.41 Å². The molecule has 4 nitrogen and oxygen atoms in total. The Morgan fingerprint density at radius 1 is 0.714 bits per heavy atom. The first kappa shape index (κ1) is 21.2. The monoisotopic (exact) mass is 386 g/mol. The van der Waals surface area contributed by atoms with Crippen molar-refractivity contribution in [3.63, 3.8) is 0 Å². The predicted molar refractivity (Wildman–Crippen MR) is 115 cm³/mol. The standard InChI is InChI=1S/C24H38N2O2/c1-25(2)18-8-10-20-12-14-22(27-20)24(16-6-5-7-17-24)23-15-13-21(28-23)11-9-19-26(3)4/h12-15H,5-11,16-19H2,1-4H3. The molecular formula is C24H38N2O2. The Kier molecular flexibility index (Phi) is 7.42. The average molecular weight is 387 g/mol. The number of nitrogens with zero attached hydrogens (tertiary/aromatic N) is 2. The molecule has 2 heterocycles. The molecule has 1 aliphatic carbocycles. The van der Waals surface area contributed by atoms with E-state index in [9.17, 15) is 0 Å². The molecule has 156 valence electrons. The zero-order chi connectivity index (χ0) is 20.0. The highest BCUT2D eigenvalue weighted by molar-refractivity contribution is 5.31. The Morgan fingerprint density at radius 2 is 1.18 bits per heavy atom. The Hall–Kier alpha value is -1.52. The third-order valence-corrected chi connectivity index (χ3v) is 6.03. The molecule has 1 aliphatic rings. The van der Waals surface area contributed by atoms with Gasteiger partial charge in [-0.05, 0) is 91.2 Å². The van der Waals surface area contributed by atoms with Crippen molar-refractivity contribution in [3.8, 4) is 0 Å². The van der Waals surface area contributed by atoms with Gasteiger partial charge >= 0.3 is 0 Å². The molecule has 3 rings (SSSR count). The van der Waals surface area contributed by atoms with Crippen molar-refractivity contribution in [2.24, 2.45) is 0 Å². The van der Waals surface area contributed by atoms with Crippen LogP contribution in [0.25, 0.3) is 0 Å². The van der Waals surface area contributed by atoms with Crippen molar-refractivity contribution in [1.82, 2.24) is 9.80 Å². The molecule has 0 unspecified atom stereocenters. The molecule has 4 heteroatoms. The lowest BCUT2D eigenvalue weighted by Crippen LogP contribution is -2.29. The molecule has 0 aromatic carbocycles. The molecule has 0 radical (unpaired) electrons. The summed E-state index contributed by atoms with van der Waals surface area (Å²) < 4.78 is 12.8. The van der Waals surface area contributed by atoms with Crippen LogP contribution in [0.1, 0.15) is 68.0 Å². The summed E-state index contributed by atoms with van der Waals surface area (Å²) in [6.07, 6.45) is 10.3. The molecule has 0 atom stereocenters. The van der Waals surface area contributed by atoms with Gasteiger partial charge in [0.2, 0.25) is 0 Å². The van der Waals surface area contributed by atoms with Crippen LogP contribution in [0.5, 0.6) is 0 Å². The molecule has 0 spiro atoms. The maximum atomic E-state index is 6.40. The predicted octanol–water partition coefficient (Wildman–Crippen LogP) is 5.11. The normalized spacial score (nSPS) is 16.9. The van der Waals surface area contributed by atoms with Gasteiger partial charge < -0.3 is 18.6 Å². The van der Waals surface area contributed by atoms with Crippen molar-refractivity contribution in [2.75, 3.05) is 41.3 Å². The van der Waals surface area contributed by atoms with E-state index in [4.69, 9.17) is 8.83 Å². The maximum absolute atomic E-state index is 6.40. The minimum atomic E-state index is -0.0716. The summed E-state index contributed by atoms with van der Waals surface area (Å²) in [4.78, 5) is 4.46. The van der Waals surface area contributed by atoms with Crippen LogP contribution in [0.4, 0.5) is 0 Å². The Labute approximate surface area is 170 Å². The van der Waals surface area contributed by atoms with Gasteiger partial charge in [-0.3, -0.25) is 0 Å². The van der Waals surface area contributed by atoms with E-state index in [1.54, 1.807) is 0 Å². The summed E-state index contributed by atoms with van der Waals surface area (Å²) >= 11 is 0. The van der Waals surface area contributed by atoms with Crippen molar-refractivity contribution in [3.05, 3.63) is 47.3 Å². The molecule has 0 aliphatic heterocycles. The first-order valence-electron chi connectivity index (χ1n) is 11.0. The van der Waals surface area contributed by atoms with Gasteiger partial charge in [-0.1, -0.05) is 19.3 Å². The molecule has 0 bridgehead atoms. The summed E-state index contributed by atoms with van der Waals surface area (Å²) in [6, 6.07) is 8.79. The van der Waals surface area contributed by atoms with Crippen molar-refractivity contribution in [1.29, 1.82) is 0 Å². The summed E-state index contributed by atoms with van der Waals surface area (Å²) in [6.45, 7) is 2.19. The van der Waals surface area contributed by atoms with Crippen LogP contribution in [0.3, 0.4) is 0 Å². The highest BCUT2D eigenvalue weighted by Gasteiger charge is 2.41. The molecule has 2 aromatic heterocycles. The zero-order valence-corrected chi connectivity index (χ0v) is 18.3. The van der Waals surface area contributed by atoms with Crippen molar-refractivity contribution < 1.29 is 8.83 Å². The maximum Gasteiger partial charge on any atom is 0.117 e. The van der Waals surface area contributed by atoms with Gasteiger partial charge in [-0.2, -0.15) is 0 Å². The van der Waals surface area contributed by atoms with E-state index >= 15 is 0 Å². The van der Waals surface area contributed by atoms with E-state index in [1.807, 2.05) is 0 Å². The van der Waals surface area contributed by atoms with Crippen LogP contribution in [-0.2, 0) is 18.3 Å². The molecule has 28 heavy (non-hydrogen) atoms. The highest BCUT2D eigenvalue weighted by Crippen LogP contribution is 2.46. The van der Waals surface area contributed by atoms with E-state index in [2.05, 4.69) is 62.3 Å². The lowest BCUT2D eigenvalue weighted by atomic mass is 9.70. The third kappa shape index (κ3) is 5.30. The van der Waals surface area contributed by atoms with Crippen molar-refractivity contribution in [2.45, 2.75) is 63.2 Å². The Bertz CT molecular complexity index is 654. The second-order valence-electron chi connectivity index (χ2n) is 8.99. The Balaban J connectivity index is 1.74. The van der Waals surface area contributed by atoms with Crippen LogP contribution >= 0.6 is 0 Å². The van der Waals surface area contributed by atoms with Gasteiger partial charge in [0.25, 0.3) is 0 Å². The third-order valence-electron chi connectivity index (χ3n) is 6.03. The molecule has 1 saturated carbocycles. The van der Waals surface area contributed by atoms with E-state index in [-0.39, 0.29) is 5.41 Å². The number of hydrogen-bond acceptors (Lipinski definition) is 4. The summed E-state index contributed by atoms with van der Waals surface area (Å²) in [5, 5.41) is 0. The first-order valence-corrected chi connectivity index (χ1v) is 11.0. The molecular weight excluding hydrogens is 348 g/mol. The summed E-state index contributed by atoms with van der Waals surface area (Å²) in [5.41, 5.74) is -0.0716. The van der Waals surface area contributed by atoms with E-state index in [0.717, 1.165) is 74.7 Å². The van der Waals surface area contributed by atoms with Gasteiger partial charge in [0, 0.05) is 12.8 Å². The van der Waals surface area contributed by atoms with Crippen molar-refractivity contribution >= 4 is 0 Å². The second-order valence-corrected chi connectivity index (χ2v) is 8.99. The van der Waals surface area contributed by atoms with Gasteiger partial charge in [-0.25, -0.2) is 0 Å². The molecule has 1 fully saturated rings. The number of furan rings is 2. The largest absolute Gasteiger partial charge is 0.465 e. The molecule has 2 aromatic rings. The quantitative estimate of drug-likeness (QED) is 0.568. The van der Waals surface area contributed by atoms with Crippen LogP contribution < -0.4 is 0 Å². The Morgan fingerprint density at radius 3 is 1.61 bits per heavy atom. The van der Waals surface area contributed by atoms with E-state index in [1.165, 1.54) is 19.3 Å². The molecule has 0 N–H and O–H groups in total. The fourth-order valence-corrected chi connectivity index (χ4v) is 4.45. The van der Waals surface area contributed by atoms with Gasteiger partial charge in [0.15, 0.2) is 0 Å². The van der Waals surface area contributed by atoms with Gasteiger partial charge in [-0.15, -0.1) is 0 Å². The van der Waals surface area contributed by atoms with Crippen LogP contribution in [0.2, 0.25) is 0 Å². The number of aryl methyl sites for hydroxylation is 2. The number of hydrogen-bond donors (Lipinski definition) is 0. The summed E-state index contributed by atoms with van der Waals surface area (Å²) in [5.74, 6) is 4.45. The minimum Gasteiger partial charge on any atom is -0.465 e. The first-order chi connectivity index (χ1) is 13.5. The van der Waals surface area contributed by atoms with Crippen LogP contribution in [0.15, 0.2) is 33.1 Å². The zero-order valence-electron chi connectivity index (χ0n) is 18.3. The highest BCUT2D eigenvalue weighted by atomic mass is 16.4. The van der Waals surface area contributed by atoms with E-state index in [0.29, 0.717) is 0 Å². The summed E-state index contributed by atoms with van der Waals surface area (Å²) in [7, 11) is 8.49. The van der Waals surface area contributed by atoms with Gasteiger partial charge in [0.1, 0.15) is 23.0 Å². The SMILES string of the molecule is CN(C)CCCc1ccc(C2(c3ccc(CCCN(C)C)o3)CCCCC2)o1. The van der Waals surface area contributed by atoms with E-state index < -0.39 is 0 Å². The lowest BCUT2D eigenvalue weighted by Gasteiger charge is -2.33. The second kappa shape index (κ2) is 9.80. The smallest absolute Gasteiger partial charge is 0.117 e. The molecule has 0 saturated heterocycles. The molecule has 0 amide bonds. The fourth-order valence-electron chi connectivity index (χ4n) is 4.45. The fraction of sp³-hybridized carbons (Fsp3) is 0.667. The minimum absolute atomic E-state index is 0.0716. The number of rotatable bonds is 10.